The number of hydrogen-bond donors (Lipinski definition) is 0. The van der Waals surface area contributed by atoms with Gasteiger partial charge in [-0.2, -0.15) is 0 Å². The van der Waals surface area contributed by atoms with Crippen molar-refractivity contribution >= 4 is 26.8 Å². The van der Waals surface area contributed by atoms with Gasteiger partial charge in [-0.15, -0.1) is 0 Å². The Bertz CT molecular complexity index is 826. The number of benzene rings is 2. The van der Waals surface area contributed by atoms with Gasteiger partial charge in [0, 0.05) is 10.5 Å². The first kappa shape index (κ1) is 13.9. The number of rotatable bonds is 4. The van der Waals surface area contributed by atoms with Gasteiger partial charge < -0.3 is 9.30 Å². The van der Waals surface area contributed by atoms with E-state index in [1.54, 1.807) is 10.6 Å². The van der Waals surface area contributed by atoms with E-state index in [1.807, 2.05) is 54.6 Å². The molecular weight excluding hydrogens is 330 g/mol. The van der Waals surface area contributed by atoms with Crippen LogP contribution in [0.2, 0.25) is 0 Å². The molecule has 0 saturated carbocycles. The topological polar surface area (TPSA) is 31.2 Å². The van der Waals surface area contributed by atoms with Gasteiger partial charge in [-0.05, 0) is 35.7 Å². The summed E-state index contributed by atoms with van der Waals surface area (Å²) in [5, 5.41) is 1.06. The van der Waals surface area contributed by atoms with Crippen LogP contribution in [0.3, 0.4) is 0 Å². The maximum absolute atomic E-state index is 12.0. The van der Waals surface area contributed by atoms with Crippen molar-refractivity contribution in [3.05, 3.63) is 75.5 Å². The number of halogens is 1. The van der Waals surface area contributed by atoms with Crippen molar-refractivity contribution in [1.82, 2.24) is 4.57 Å². The van der Waals surface area contributed by atoms with Gasteiger partial charge in [0.2, 0.25) is 0 Å². The molecule has 3 nitrogen and oxygen atoms in total. The molecule has 0 aliphatic rings. The van der Waals surface area contributed by atoms with Crippen molar-refractivity contribution in [3.8, 4) is 5.75 Å². The number of nitrogens with zero attached hydrogens (tertiary/aromatic N) is 1. The van der Waals surface area contributed by atoms with Crippen molar-refractivity contribution in [2.24, 2.45) is 0 Å². The maximum atomic E-state index is 12.0. The normalized spacial score (nSPS) is 10.7. The molecule has 0 atom stereocenters. The molecular formula is C17H14BrNO2. The van der Waals surface area contributed by atoms with Crippen molar-refractivity contribution < 1.29 is 4.74 Å². The van der Waals surface area contributed by atoms with E-state index in [0.717, 1.165) is 21.1 Å². The van der Waals surface area contributed by atoms with Crippen LogP contribution < -0.4 is 10.3 Å². The van der Waals surface area contributed by atoms with Crippen LogP contribution in [0.4, 0.5) is 0 Å². The largest absolute Gasteiger partial charge is 0.492 e. The fourth-order valence-electron chi connectivity index (χ4n) is 2.29. The molecule has 0 N–H and O–H groups in total. The monoisotopic (exact) mass is 343 g/mol. The molecule has 3 rings (SSSR count). The third-order valence-corrected chi connectivity index (χ3v) is 3.77. The fourth-order valence-corrected chi connectivity index (χ4v) is 2.66. The molecule has 0 amide bonds. The second-order valence-electron chi connectivity index (χ2n) is 4.69. The van der Waals surface area contributed by atoms with Gasteiger partial charge in [0.15, 0.2) is 0 Å². The fraction of sp³-hybridized carbons (Fsp3) is 0.118. The molecule has 2 aromatic carbocycles. The van der Waals surface area contributed by atoms with Gasteiger partial charge >= 0.3 is 0 Å². The highest BCUT2D eigenvalue weighted by Gasteiger charge is 2.03. The highest BCUT2D eigenvalue weighted by atomic mass is 79.9. The number of para-hydroxylation sites is 1. The van der Waals surface area contributed by atoms with E-state index < -0.39 is 0 Å². The Morgan fingerprint density at radius 2 is 1.86 bits per heavy atom. The van der Waals surface area contributed by atoms with Crippen molar-refractivity contribution in [3.63, 3.8) is 0 Å². The van der Waals surface area contributed by atoms with Crippen LogP contribution in [0.15, 0.2) is 69.9 Å². The first-order valence-corrected chi connectivity index (χ1v) is 7.50. The number of ether oxygens (including phenoxy) is 1. The minimum absolute atomic E-state index is 0.00783. The number of hydrogen-bond acceptors (Lipinski definition) is 2. The van der Waals surface area contributed by atoms with Gasteiger partial charge in [-0.25, -0.2) is 0 Å². The van der Waals surface area contributed by atoms with Crippen molar-refractivity contribution in [1.29, 1.82) is 0 Å². The van der Waals surface area contributed by atoms with Crippen LogP contribution in [0, 0.1) is 0 Å². The quantitative estimate of drug-likeness (QED) is 0.720. The second kappa shape index (κ2) is 6.14. The van der Waals surface area contributed by atoms with E-state index in [1.165, 1.54) is 0 Å². The van der Waals surface area contributed by atoms with Gasteiger partial charge in [0.25, 0.3) is 5.56 Å². The number of fused-ring (bicyclic) bond motifs is 1. The lowest BCUT2D eigenvalue weighted by Gasteiger charge is -2.11. The highest BCUT2D eigenvalue weighted by Crippen LogP contribution is 2.18. The Hall–Kier alpha value is -2.07. The molecule has 0 bridgehead atoms. The van der Waals surface area contributed by atoms with E-state index in [9.17, 15) is 4.79 Å². The van der Waals surface area contributed by atoms with Crippen LogP contribution in [-0.2, 0) is 6.54 Å². The van der Waals surface area contributed by atoms with Crippen LogP contribution in [0.1, 0.15) is 0 Å². The van der Waals surface area contributed by atoms with Gasteiger partial charge in [-0.3, -0.25) is 4.79 Å². The van der Waals surface area contributed by atoms with Crippen LogP contribution in [0.25, 0.3) is 10.9 Å². The molecule has 0 aliphatic heterocycles. The van der Waals surface area contributed by atoms with Gasteiger partial charge in [-0.1, -0.05) is 40.2 Å². The molecule has 0 spiro atoms. The summed E-state index contributed by atoms with van der Waals surface area (Å²) in [6, 6.07) is 19.0. The van der Waals surface area contributed by atoms with Gasteiger partial charge in [0.05, 0.1) is 12.1 Å². The summed E-state index contributed by atoms with van der Waals surface area (Å²) >= 11 is 3.41. The zero-order valence-electron chi connectivity index (χ0n) is 11.3. The standard InChI is InChI=1S/C17H14BrNO2/c18-14-5-3-6-15(12-14)21-11-10-19-16-7-2-1-4-13(16)8-9-17(19)20/h1-9,12H,10-11H2. The Morgan fingerprint density at radius 3 is 2.71 bits per heavy atom. The Kier molecular flexibility index (Phi) is 4.06. The summed E-state index contributed by atoms with van der Waals surface area (Å²) in [6.07, 6.45) is 0. The molecule has 3 aromatic rings. The smallest absolute Gasteiger partial charge is 0.251 e. The predicted octanol–water partition coefficient (Wildman–Crippen LogP) is 3.84. The molecule has 106 valence electrons. The van der Waals surface area contributed by atoms with Crippen molar-refractivity contribution in [2.45, 2.75) is 6.54 Å². The minimum atomic E-state index is -0.00783. The summed E-state index contributed by atoms with van der Waals surface area (Å²) in [4.78, 5) is 12.0. The van der Waals surface area contributed by atoms with E-state index in [2.05, 4.69) is 15.9 Å². The molecule has 21 heavy (non-hydrogen) atoms. The molecule has 0 radical (unpaired) electrons. The lowest BCUT2D eigenvalue weighted by Crippen LogP contribution is -2.22. The molecule has 0 unspecified atom stereocenters. The van der Waals surface area contributed by atoms with Gasteiger partial charge in [0.1, 0.15) is 12.4 Å². The lowest BCUT2D eigenvalue weighted by atomic mass is 10.2. The second-order valence-corrected chi connectivity index (χ2v) is 5.60. The predicted molar refractivity (Wildman–Crippen MR) is 87.8 cm³/mol. The lowest BCUT2D eigenvalue weighted by molar-refractivity contribution is 0.298. The molecule has 4 heteroatoms. The molecule has 0 aliphatic carbocycles. The van der Waals surface area contributed by atoms with E-state index in [4.69, 9.17) is 4.74 Å². The highest BCUT2D eigenvalue weighted by molar-refractivity contribution is 9.10. The molecule has 1 heterocycles. The summed E-state index contributed by atoms with van der Waals surface area (Å²) in [5.41, 5.74) is 0.925. The molecule has 1 aromatic heterocycles. The van der Waals surface area contributed by atoms with Crippen molar-refractivity contribution in [2.75, 3.05) is 6.61 Å². The van der Waals surface area contributed by atoms with Crippen LogP contribution >= 0.6 is 15.9 Å². The number of pyridine rings is 1. The Morgan fingerprint density at radius 1 is 1.00 bits per heavy atom. The maximum Gasteiger partial charge on any atom is 0.251 e. The first-order chi connectivity index (χ1) is 10.2. The summed E-state index contributed by atoms with van der Waals surface area (Å²) in [6.45, 7) is 0.969. The Balaban J connectivity index is 1.79. The Labute approximate surface area is 130 Å². The third kappa shape index (κ3) is 3.16. The van der Waals surface area contributed by atoms with Crippen LogP contribution in [0.5, 0.6) is 5.75 Å². The van der Waals surface area contributed by atoms with E-state index in [-0.39, 0.29) is 5.56 Å². The first-order valence-electron chi connectivity index (χ1n) is 6.71. The average molecular weight is 344 g/mol. The van der Waals surface area contributed by atoms with E-state index >= 15 is 0 Å². The van der Waals surface area contributed by atoms with Crippen LogP contribution in [-0.4, -0.2) is 11.2 Å². The summed E-state index contributed by atoms with van der Waals surface area (Å²) in [7, 11) is 0. The third-order valence-electron chi connectivity index (χ3n) is 3.28. The molecule has 0 fully saturated rings. The molecule has 0 saturated heterocycles. The zero-order valence-corrected chi connectivity index (χ0v) is 12.9. The summed E-state index contributed by atoms with van der Waals surface area (Å²) in [5.74, 6) is 0.790. The number of aromatic nitrogens is 1. The average Bonchev–Trinajstić information content (AvgIpc) is 2.50. The zero-order chi connectivity index (χ0) is 14.7. The minimum Gasteiger partial charge on any atom is -0.492 e. The van der Waals surface area contributed by atoms with E-state index in [0.29, 0.717) is 13.2 Å². The summed E-state index contributed by atoms with van der Waals surface area (Å²) < 4.78 is 8.42. The SMILES string of the molecule is O=c1ccc2ccccc2n1CCOc1cccc(Br)c1.